The Morgan fingerprint density at radius 1 is 1.42 bits per heavy atom. The lowest BCUT2D eigenvalue weighted by molar-refractivity contribution is 0.629. The first-order chi connectivity index (χ1) is 9.26. The van der Waals surface area contributed by atoms with Crippen LogP contribution in [0.5, 0.6) is 0 Å². The first-order valence-electron chi connectivity index (χ1n) is 5.93. The van der Waals surface area contributed by atoms with Crippen LogP contribution in [0.3, 0.4) is 0 Å². The number of anilines is 1. The fourth-order valence-corrected chi connectivity index (χ4v) is 2.65. The van der Waals surface area contributed by atoms with Crippen molar-refractivity contribution in [3.8, 4) is 0 Å². The summed E-state index contributed by atoms with van der Waals surface area (Å²) in [7, 11) is 0. The fraction of sp³-hybridized carbons (Fsp3) is 0.250. The van der Waals surface area contributed by atoms with Crippen LogP contribution in [0, 0.1) is 5.82 Å². The van der Waals surface area contributed by atoms with E-state index in [0.717, 1.165) is 22.2 Å². The summed E-state index contributed by atoms with van der Waals surface area (Å²) in [5.41, 5.74) is 0.671. The van der Waals surface area contributed by atoms with Crippen molar-refractivity contribution in [3.63, 3.8) is 0 Å². The van der Waals surface area contributed by atoms with Crippen LogP contribution in [0.4, 0.5) is 9.52 Å². The monoisotopic (exact) mass is 277 g/mol. The van der Waals surface area contributed by atoms with E-state index in [1.807, 2.05) is 11.5 Å². The van der Waals surface area contributed by atoms with Gasteiger partial charge in [0, 0.05) is 12.6 Å². The van der Waals surface area contributed by atoms with E-state index in [9.17, 15) is 4.39 Å². The molecule has 7 heteroatoms. The zero-order valence-corrected chi connectivity index (χ0v) is 11.1. The summed E-state index contributed by atoms with van der Waals surface area (Å²) in [5, 5.41) is 11.9. The van der Waals surface area contributed by atoms with E-state index in [0.29, 0.717) is 12.1 Å². The lowest BCUT2D eigenvalue weighted by atomic mass is 10.3. The highest BCUT2D eigenvalue weighted by Gasteiger charge is 2.07. The van der Waals surface area contributed by atoms with Gasteiger partial charge in [-0.3, -0.25) is 0 Å². The molecular formula is C12H12FN5S. The number of aryl methyl sites for hydroxylation is 1. The molecule has 0 amide bonds. The number of thiazole rings is 1. The maximum absolute atomic E-state index is 13.1. The van der Waals surface area contributed by atoms with Gasteiger partial charge < -0.3 is 9.88 Å². The summed E-state index contributed by atoms with van der Waals surface area (Å²) in [6.45, 7) is 3.42. The van der Waals surface area contributed by atoms with E-state index in [1.54, 1.807) is 12.4 Å². The van der Waals surface area contributed by atoms with Gasteiger partial charge in [-0.1, -0.05) is 11.3 Å². The largest absolute Gasteiger partial charge is 0.354 e. The van der Waals surface area contributed by atoms with Crippen molar-refractivity contribution in [1.29, 1.82) is 0 Å². The molecule has 0 aliphatic carbocycles. The van der Waals surface area contributed by atoms with Crippen LogP contribution in [-0.2, 0) is 13.1 Å². The molecule has 5 nitrogen and oxygen atoms in total. The maximum Gasteiger partial charge on any atom is 0.184 e. The van der Waals surface area contributed by atoms with Crippen molar-refractivity contribution < 1.29 is 4.39 Å². The number of nitrogens with zero attached hydrogens (tertiary/aromatic N) is 4. The minimum absolute atomic E-state index is 0.268. The van der Waals surface area contributed by atoms with E-state index in [1.165, 1.54) is 23.5 Å². The Balaban J connectivity index is 1.78. The van der Waals surface area contributed by atoms with Gasteiger partial charge in [0.05, 0.1) is 16.8 Å². The Labute approximate surface area is 113 Å². The third-order valence-electron chi connectivity index (χ3n) is 2.78. The second-order valence-corrected chi connectivity index (χ2v) is 5.05. The van der Waals surface area contributed by atoms with Crippen LogP contribution < -0.4 is 5.32 Å². The number of rotatable bonds is 4. The highest BCUT2D eigenvalue weighted by atomic mass is 32.1. The van der Waals surface area contributed by atoms with Gasteiger partial charge in [-0.15, -0.1) is 10.2 Å². The van der Waals surface area contributed by atoms with E-state index < -0.39 is 0 Å². The molecule has 0 radical (unpaired) electrons. The van der Waals surface area contributed by atoms with Gasteiger partial charge >= 0.3 is 0 Å². The normalized spacial score (nSPS) is 11.1. The van der Waals surface area contributed by atoms with Gasteiger partial charge in [-0.25, -0.2) is 9.37 Å². The van der Waals surface area contributed by atoms with Crippen LogP contribution >= 0.6 is 11.3 Å². The zero-order valence-electron chi connectivity index (χ0n) is 10.3. The highest BCUT2D eigenvalue weighted by Crippen LogP contribution is 2.26. The molecule has 0 spiro atoms. The van der Waals surface area contributed by atoms with Crippen molar-refractivity contribution in [1.82, 2.24) is 19.7 Å². The summed E-state index contributed by atoms with van der Waals surface area (Å²) >= 11 is 1.49. The van der Waals surface area contributed by atoms with E-state index in [2.05, 4.69) is 20.5 Å². The number of aromatic nitrogens is 4. The van der Waals surface area contributed by atoms with Gasteiger partial charge in [0.2, 0.25) is 0 Å². The average molecular weight is 277 g/mol. The Kier molecular flexibility index (Phi) is 3.12. The SMILES string of the molecule is CCn1cnnc1CNc1nc2cc(F)ccc2s1. The predicted octanol–water partition coefficient (Wildman–Crippen LogP) is 2.66. The number of halogens is 1. The van der Waals surface area contributed by atoms with Crippen molar-refractivity contribution in [2.75, 3.05) is 5.32 Å². The molecule has 0 aliphatic rings. The molecular weight excluding hydrogens is 265 g/mol. The summed E-state index contributed by atoms with van der Waals surface area (Å²) < 4.78 is 16.0. The van der Waals surface area contributed by atoms with E-state index in [4.69, 9.17) is 0 Å². The molecule has 0 fully saturated rings. The first-order valence-corrected chi connectivity index (χ1v) is 6.74. The average Bonchev–Trinajstić information content (AvgIpc) is 3.01. The molecule has 0 aliphatic heterocycles. The molecule has 98 valence electrons. The number of hydrogen-bond acceptors (Lipinski definition) is 5. The quantitative estimate of drug-likeness (QED) is 0.796. The Bertz CT molecular complexity index is 705. The summed E-state index contributed by atoms with van der Waals surface area (Å²) in [5.74, 6) is 0.586. The molecule has 0 atom stereocenters. The van der Waals surface area contributed by atoms with Crippen LogP contribution in [0.1, 0.15) is 12.7 Å². The van der Waals surface area contributed by atoms with Crippen LogP contribution in [-0.4, -0.2) is 19.7 Å². The molecule has 19 heavy (non-hydrogen) atoms. The Morgan fingerprint density at radius 3 is 3.16 bits per heavy atom. The van der Waals surface area contributed by atoms with Crippen molar-refractivity contribution in [2.45, 2.75) is 20.0 Å². The van der Waals surface area contributed by atoms with Crippen LogP contribution in [0.15, 0.2) is 24.5 Å². The van der Waals surface area contributed by atoms with Gasteiger partial charge in [-0.2, -0.15) is 0 Å². The maximum atomic E-state index is 13.1. The highest BCUT2D eigenvalue weighted by molar-refractivity contribution is 7.22. The zero-order chi connectivity index (χ0) is 13.2. The number of benzene rings is 1. The third kappa shape index (κ3) is 2.41. The van der Waals surface area contributed by atoms with Gasteiger partial charge in [0.15, 0.2) is 11.0 Å². The molecule has 1 N–H and O–H groups in total. The number of nitrogens with one attached hydrogen (secondary N) is 1. The van der Waals surface area contributed by atoms with Crippen LogP contribution in [0.2, 0.25) is 0 Å². The standard InChI is InChI=1S/C12H12FN5S/c1-2-18-7-15-17-11(18)6-14-12-16-9-5-8(13)3-4-10(9)19-12/h3-5,7H,2,6H2,1H3,(H,14,16). The van der Waals surface area contributed by atoms with Gasteiger partial charge in [-0.05, 0) is 19.1 Å². The molecule has 3 rings (SSSR count). The third-order valence-corrected chi connectivity index (χ3v) is 3.78. The van der Waals surface area contributed by atoms with Crippen molar-refractivity contribution in [3.05, 3.63) is 36.2 Å². The molecule has 0 saturated carbocycles. The molecule has 0 bridgehead atoms. The smallest absolute Gasteiger partial charge is 0.184 e. The second-order valence-electron chi connectivity index (χ2n) is 4.02. The lowest BCUT2D eigenvalue weighted by Crippen LogP contribution is -2.07. The van der Waals surface area contributed by atoms with Crippen molar-refractivity contribution >= 4 is 26.7 Å². The Hall–Kier alpha value is -2.02. The molecule has 0 saturated heterocycles. The predicted molar refractivity (Wildman–Crippen MR) is 72.6 cm³/mol. The molecule has 1 aromatic carbocycles. The molecule has 0 unspecified atom stereocenters. The summed E-state index contributed by atoms with van der Waals surface area (Å²) in [4.78, 5) is 4.34. The molecule has 2 aromatic heterocycles. The summed E-state index contributed by atoms with van der Waals surface area (Å²) in [6.07, 6.45) is 1.70. The Morgan fingerprint density at radius 2 is 2.32 bits per heavy atom. The van der Waals surface area contributed by atoms with Crippen molar-refractivity contribution in [2.24, 2.45) is 0 Å². The summed E-state index contributed by atoms with van der Waals surface area (Å²) in [6, 6.07) is 4.62. The molecule has 3 aromatic rings. The molecule has 2 heterocycles. The van der Waals surface area contributed by atoms with E-state index in [-0.39, 0.29) is 5.82 Å². The first kappa shape index (κ1) is 12.0. The van der Waals surface area contributed by atoms with Gasteiger partial charge in [0.1, 0.15) is 12.1 Å². The van der Waals surface area contributed by atoms with E-state index >= 15 is 0 Å². The van der Waals surface area contributed by atoms with Gasteiger partial charge in [0.25, 0.3) is 0 Å². The minimum Gasteiger partial charge on any atom is -0.354 e. The topological polar surface area (TPSA) is 55.6 Å². The fourth-order valence-electron chi connectivity index (χ4n) is 1.81. The number of fused-ring (bicyclic) bond motifs is 1. The van der Waals surface area contributed by atoms with Crippen LogP contribution in [0.25, 0.3) is 10.2 Å². The minimum atomic E-state index is -0.268. The second kappa shape index (κ2) is 4.93. The lowest BCUT2D eigenvalue weighted by Gasteiger charge is -2.03. The number of hydrogen-bond donors (Lipinski definition) is 1.